The van der Waals surface area contributed by atoms with E-state index in [4.69, 9.17) is 0 Å². The average Bonchev–Trinajstić information content (AvgIpc) is 2.59. The molecule has 1 heterocycles. The molecule has 0 aromatic carbocycles. The summed E-state index contributed by atoms with van der Waals surface area (Å²) >= 11 is 0. The fraction of sp³-hybridized carbons (Fsp3) is 0.765. The van der Waals surface area contributed by atoms with Crippen molar-refractivity contribution >= 4 is 11.8 Å². The third kappa shape index (κ3) is 5.45. The first-order chi connectivity index (χ1) is 11.8. The van der Waals surface area contributed by atoms with Gasteiger partial charge in [0.15, 0.2) is 0 Å². The fourth-order valence-electron chi connectivity index (χ4n) is 3.62. The summed E-state index contributed by atoms with van der Waals surface area (Å²) in [5, 5.41) is 2.68. The van der Waals surface area contributed by atoms with Crippen molar-refractivity contribution in [2.75, 3.05) is 39.3 Å². The molecule has 0 unspecified atom stereocenters. The van der Waals surface area contributed by atoms with Gasteiger partial charge in [-0.1, -0.05) is 18.9 Å². The molecule has 2 fully saturated rings. The average molecular weight is 361 g/mol. The van der Waals surface area contributed by atoms with Crippen LogP contribution in [-0.4, -0.2) is 67.1 Å². The number of rotatable bonds is 5. The van der Waals surface area contributed by atoms with Crippen LogP contribution in [0.15, 0.2) is 12.7 Å². The van der Waals surface area contributed by atoms with E-state index in [0.29, 0.717) is 52.0 Å². The third-order valence-electron chi connectivity index (χ3n) is 5.00. The molecule has 0 aromatic heterocycles. The van der Waals surface area contributed by atoms with Gasteiger partial charge in [-0.15, -0.1) is 6.58 Å². The third-order valence-corrected chi connectivity index (χ3v) is 5.00. The maximum atomic E-state index is 13.2. The summed E-state index contributed by atoms with van der Waals surface area (Å²) in [4.78, 5) is 27.7. The number of amides is 2. The van der Waals surface area contributed by atoms with Gasteiger partial charge < -0.3 is 10.2 Å². The van der Waals surface area contributed by atoms with Crippen molar-refractivity contribution in [2.24, 2.45) is 11.8 Å². The van der Waals surface area contributed by atoms with Gasteiger partial charge in [0.1, 0.15) is 0 Å². The van der Waals surface area contributed by atoms with Gasteiger partial charge in [0, 0.05) is 38.6 Å². The molecule has 0 spiro atoms. The second-order valence-electron chi connectivity index (χ2n) is 6.73. The minimum absolute atomic E-state index is 0.0450. The van der Waals surface area contributed by atoms with Crippen LogP contribution in [0, 0.1) is 11.8 Å². The molecule has 25 heavy (non-hydrogen) atoms. The van der Waals surface area contributed by atoms with Gasteiger partial charge in [-0.25, -0.2) is 0 Å². The van der Waals surface area contributed by atoms with Gasteiger partial charge in [0.2, 0.25) is 11.8 Å². The number of nitrogens with one attached hydrogen (secondary N) is 1. The fourth-order valence-corrected chi connectivity index (χ4v) is 3.62. The summed E-state index contributed by atoms with van der Waals surface area (Å²) in [5.41, 5.74) is 0. The molecule has 1 aliphatic heterocycles. The molecule has 1 saturated carbocycles. The first kappa shape index (κ1) is 19.8. The zero-order valence-corrected chi connectivity index (χ0v) is 14.4. The standard InChI is InChI=1S/C17H26F3N3O2/c1-2-7-21-15(24)12-22-8-10-23(11-9-22)16(25)13-5-3-4-6-14(13)17(18,19)20/h2,13-14H,1,3-12H2,(H,21,24)/t13-,14-/m1/s1. The van der Waals surface area contributed by atoms with E-state index in [2.05, 4.69) is 11.9 Å². The molecule has 142 valence electrons. The largest absolute Gasteiger partial charge is 0.392 e. The number of nitrogens with zero attached hydrogens (tertiary/aromatic N) is 2. The van der Waals surface area contributed by atoms with Gasteiger partial charge in [-0.05, 0) is 12.8 Å². The summed E-state index contributed by atoms with van der Waals surface area (Å²) < 4.78 is 39.6. The topological polar surface area (TPSA) is 52.7 Å². The molecule has 8 heteroatoms. The lowest BCUT2D eigenvalue weighted by Crippen LogP contribution is -2.54. The molecule has 2 amide bonds. The molecule has 2 aliphatic rings. The Bertz CT molecular complexity index is 488. The van der Waals surface area contributed by atoms with E-state index in [1.807, 2.05) is 4.90 Å². The van der Waals surface area contributed by atoms with E-state index in [0.717, 1.165) is 0 Å². The smallest absolute Gasteiger partial charge is 0.352 e. The maximum Gasteiger partial charge on any atom is 0.392 e. The Hall–Kier alpha value is -1.57. The molecule has 2 atom stereocenters. The molecule has 2 rings (SSSR count). The first-order valence-electron chi connectivity index (χ1n) is 8.78. The quantitative estimate of drug-likeness (QED) is 0.760. The van der Waals surface area contributed by atoms with E-state index in [-0.39, 0.29) is 24.8 Å². The lowest BCUT2D eigenvalue weighted by atomic mass is 9.78. The van der Waals surface area contributed by atoms with E-state index >= 15 is 0 Å². The summed E-state index contributed by atoms with van der Waals surface area (Å²) in [6.45, 7) is 5.88. The highest BCUT2D eigenvalue weighted by Gasteiger charge is 2.49. The Morgan fingerprint density at radius 2 is 1.76 bits per heavy atom. The highest BCUT2D eigenvalue weighted by atomic mass is 19.4. The summed E-state index contributed by atoms with van der Waals surface area (Å²) in [6.07, 6.45) is -1.16. The minimum Gasteiger partial charge on any atom is -0.352 e. The first-order valence-corrected chi connectivity index (χ1v) is 8.78. The van der Waals surface area contributed by atoms with E-state index < -0.39 is 18.0 Å². The second-order valence-corrected chi connectivity index (χ2v) is 6.73. The van der Waals surface area contributed by atoms with Gasteiger partial charge in [0.25, 0.3) is 0 Å². The normalized spacial score (nSPS) is 25.5. The Morgan fingerprint density at radius 1 is 1.12 bits per heavy atom. The molecular weight excluding hydrogens is 335 g/mol. The van der Waals surface area contributed by atoms with Crippen molar-refractivity contribution in [3.8, 4) is 0 Å². The maximum absolute atomic E-state index is 13.2. The van der Waals surface area contributed by atoms with Crippen LogP contribution < -0.4 is 5.32 Å². The van der Waals surface area contributed by atoms with Crippen molar-refractivity contribution in [1.29, 1.82) is 0 Å². The Kier molecular flexibility index (Phi) is 6.87. The van der Waals surface area contributed by atoms with Gasteiger partial charge in [-0.3, -0.25) is 14.5 Å². The number of carbonyl (C=O) groups is 2. The van der Waals surface area contributed by atoms with Gasteiger partial charge >= 0.3 is 6.18 Å². The molecule has 5 nitrogen and oxygen atoms in total. The van der Waals surface area contributed by atoms with Crippen molar-refractivity contribution in [2.45, 2.75) is 31.9 Å². The number of piperazine rings is 1. The zero-order valence-electron chi connectivity index (χ0n) is 14.4. The van der Waals surface area contributed by atoms with Crippen molar-refractivity contribution < 1.29 is 22.8 Å². The minimum atomic E-state index is -4.31. The molecule has 0 aromatic rings. The molecular formula is C17H26F3N3O2. The van der Waals surface area contributed by atoms with E-state index in [9.17, 15) is 22.8 Å². The number of alkyl halides is 3. The molecule has 0 radical (unpaired) electrons. The lowest BCUT2D eigenvalue weighted by Gasteiger charge is -2.39. The van der Waals surface area contributed by atoms with E-state index in [1.165, 1.54) is 4.90 Å². The van der Waals surface area contributed by atoms with Crippen LogP contribution in [-0.2, 0) is 9.59 Å². The van der Waals surface area contributed by atoms with Crippen LogP contribution in [0.5, 0.6) is 0 Å². The monoisotopic (exact) mass is 361 g/mol. The van der Waals surface area contributed by atoms with Crippen LogP contribution in [0.2, 0.25) is 0 Å². The van der Waals surface area contributed by atoms with Crippen LogP contribution in [0.1, 0.15) is 25.7 Å². The van der Waals surface area contributed by atoms with Crippen molar-refractivity contribution in [3.05, 3.63) is 12.7 Å². The van der Waals surface area contributed by atoms with Crippen molar-refractivity contribution in [1.82, 2.24) is 15.1 Å². The Labute approximate surface area is 146 Å². The predicted octanol–water partition coefficient (Wildman–Crippen LogP) is 1.80. The molecule has 1 saturated heterocycles. The van der Waals surface area contributed by atoms with Gasteiger partial charge in [0.05, 0.1) is 12.5 Å². The lowest BCUT2D eigenvalue weighted by molar-refractivity contribution is -0.201. The van der Waals surface area contributed by atoms with Gasteiger partial charge in [-0.2, -0.15) is 13.2 Å². The summed E-state index contributed by atoms with van der Waals surface area (Å²) in [5.74, 6) is -2.96. The number of halogens is 3. The highest BCUT2D eigenvalue weighted by Crippen LogP contribution is 2.42. The summed E-state index contributed by atoms with van der Waals surface area (Å²) in [7, 11) is 0. The molecule has 1 N–H and O–H groups in total. The SMILES string of the molecule is C=CCNC(=O)CN1CCN(C(=O)[C@@H]2CCCC[C@H]2C(F)(F)F)CC1. The molecule has 0 bridgehead atoms. The van der Waals surface area contributed by atoms with E-state index in [1.54, 1.807) is 6.08 Å². The highest BCUT2D eigenvalue weighted by molar-refractivity contribution is 5.80. The molecule has 1 aliphatic carbocycles. The number of carbonyl (C=O) groups excluding carboxylic acids is 2. The number of hydrogen-bond donors (Lipinski definition) is 1. The van der Waals surface area contributed by atoms with Crippen LogP contribution in [0.4, 0.5) is 13.2 Å². The van der Waals surface area contributed by atoms with Crippen LogP contribution in [0.3, 0.4) is 0 Å². The van der Waals surface area contributed by atoms with Crippen LogP contribution in [0.25, 0.3) is 0 Å². The second kappa shape index (κ2) is 8.69. The predicted molar refractivity (Wildman–Crippen MR) is 87.7 cm³/mol. The Morgan fingerprint density at radius 3 is 2.36 bits per heavy atom. The number of hydrogen-bond acceptors (Lipinski definition) is 3. The van der Waals surface area contributed by atoms with Crippen LogP contribution >= 0.6 is 0 Å². The Balaban J connectivity index is 1.86. The summed E-state index contributed by atoms with van der Waals surface area (Å²) in [6, 6.07) is 0. The zero-order chi connectivity index (χ0) is 18.4. The van der Waals surface area contributed by atoms with Crippen molar-refractivity contribution in [3.63, 3.8) is 0 Å².